The molecule has 0 saturated heterocycles. The Bertz CT molecular complexity index is 393. The van der Waals surface area contributed by atoms with E-state index in [1.165, 1.54) is 0 Å². The van der Waals surface area contributed by atoms with Crippen molar-refractivity contribution in [2.24, 2.45) is 0 Å². The molecule has 0 spiro atoms. The van der Waals surface area contributed by atoms with E-state index in [0.717, 1.165) is 12.0 Å². The zero-order valence-electron chi connectivity index (χ0n) is 10.0. The summed E-state index contributed by atoms with van der Waals surface area (Å²) in [5.41, 5.74) is 1.03. The van der Waals surface area contributed by atoms with Crippen LogP contribution in [0, 0.1) is 0 Å². The predicted molar refractivity (Wildman–Crippen MR) is 74.3 cm³/mol. The topological polar surface area (TPSA) is 26.3 Å². The summed E-state index contributed by atoms with van der Waals surface area (Å²) in [4.78, 5) is 11.5. The molecule has 0 aliphatic heterocycles. The summed E-state index contributed by atoms with van der Waals surface area (Å²) in [7, 11) is 1.58. The molecule has 2 nitrogen and oxygen atoms in total. The summed E-state index contributed by atoms with van der Waals surface area (Å²) in [5.74, 6) is 0.890. The number of rotatable bonds is 6. The zero-order valence-corrected chi connectivity index (χ0v) is 12.3. The minimum atomic E-state index is -0.132. The highest BCUT2D eigenvalue weighted by Crippen LogP contribution is 2.26. The molecule has 0 heterocycles. The number of hydrogen-bond acceptors (Lipinski definition) is 2. The van der Waals surface area contributed by atoms with E-state index in [4.69, 9.17) is 16.3 Å². The third-order valence-electron chi connectivity index (χ3n) is 2.48. The van der Waals surface area contributed by atoms with Gasteiger partial charge in [-0.25, -0.2) is 0 Å². The van der Waals surface area contributed by atoms with Crippen LogP contribution in [0.15, 0.2) is 18.2 Å². The number of Topliss-reactive ketones (excluding diaryl/α,β-unsaturated/α-hetero) is 1. The van der Waals surface area contributed by atoms with Gasteiger partial charge in [-0.3, -0.25) is 4.79 Å². The maximum atomic E-state index is 11.7. The van der Waals surface area contributed by atoms with Gasteiger partial charge in [-0.1, -0.05) is 40.5 Å². The highest BCUT2D eigenvalue weighted by molar-refractivity contribution is 9.10. The number of hydrogen-bond donors (Lipinski definition) is 0. The summed E-state index contributed by atoms with van der Waals surface area (Å²) in [6.45, 7) is 2.00. The van der Waals surface area contributed by atoms with Crippen molar-refractivity contribution >= 4 is 33.3 Å². The van der Waals surface area contributed by atoms with Crippen LogP contribution >= 0.6 is 27.5 Å². The number of carbonyl (C=O) groups excluding carboxylic acids is 1. The van der Waals surface area contributed by atoms with Gasteiger partial charge in [0.2, 0.25) is 0 Å². The second-order valence-electron chi connectivity index (χ2n) is 3.86. The Labute approximate surface area is 115 Å². The van der Waals surface area contributed by atoms with Gasteiger partial charge in [0.05, 0.1) is 17.0 Å². The molecule has 0 amide bonds. The number of alkyl halides is 1. The molecule has 1 rings (SSSR count). The fraction of sp³-hybridized carbons (Fsp3) is 0.462. The average molecular weight is 320 g/mol. The third-order valence-corrected chi connectivity index (χ3v) is 3.61. The van der Waals surface area contributed by atoms with Gasteiger partial charge in [0.15, 0.2) is 0 Å². The van der Waals surface area contributed by atoms with Crippen LogP contribution in [0.4, 0.5) is 0 Å². The van der Waals surface area contributed by atoms with E-state index in [1.54, 1.807) is 7.11 Å². The van der Waals surface area contributed by atoms with Gasteiger partial charge in [0, 0.05) is 6.42 Å². The van der Waals surface area contributed by atoms with E-state index >= 15 is 0 Å². The molecule has 0 radical (unpaired) electrons. The standard InChI is InChI=1S/C13H16BrClO2/c1-3-4-12(16)10(14)7-9-5-6-13(17-2)11(15)8-9/h5-6,8,10H,3-4,7H2,1-2H3. The average Bonchev–Trinajstić information content (AvgIpc) is 2.29. The molecule has 1 unspecified atom stereocenters. The van der Waals surface area contributed by atoms with Gasteiger partial charge < -0.3 is 4.74 Å². The van der Waals surface area contributed by atoms with Crippen molar-refractivity contribution in [2.45, 2.75) is 31.0 Å². The number of benzene rings is 1. The SMILES string of the molecule is CCCC(=O)C(Br)Cc1ccc(OC)c(Cl)c1. The third kappa shape index (κ3) is 4.32. The number of ether oxygens (including phenoxy) is 1. The molecule has 1 atom stereocenters. The molecular weight excluding hydrogens is 303 g/mol. The lowest BCUT2D eigenvalue weighted by Crippen LogP contribution is -2.16. The van der Waals surface area contributed by atoms with Crippen LogP contribution < -0.4 is 4.74 Å². The van der Waals surface area contributed by atoms with Crippen LogP contribution in [0.5, 0.6) is 5.75 Å². The van der Waals surface area contributed by atoms with Gasteiger partial charge in [0.25, 0.3) is 0 Å². The van der Waals surface area contributed by atoms with E-state index in [9.17, 15) is 4.79 Å². The minimum Gasteiger partial charge on any atom is -0.495 e. The lowest BCUT2D eigenvalue weighted by molar-refractivity contribution is -0.118. The van der Waals surface area contributed by atoms with Crippen molar-refractivity contribution in [3.63, 3.8) is 0 Å². The Hall–Kier alpha value is -0.540. The molecule has 0 N–H and O–H groups in total. The number of carbonyl (C=O) groups is 1. The first-order chi connectivity index (χ1) is 8.08. The Morgan fingerprint density at radius 2 is 2.24 bits per heavy atom. The number of halogens is 2. The van der Waals surface area contributed by atoms with Crippen molar-refractivity contribution in [3.05, 3.63) is 28.8 Å². The number of methoxy groups -OCH3 is 1. The molecule has 0 aromatic heterocycles. The van der Waals surface area contributed by atoms with Crippen molar-refractivity contribution in [1.29, 1.82) is 0 Å². The molecule has 94 valence electrons. The highest BCUT2D eigenvalue weighted by atomic mass is 79.9. The minimum absolute atomic E-state index is 0.132. The zero-order chi connectivity index (χ0) is 12.8. The molecule has 0 aliphatic carbocycles. The van der Waals surface area contributed by atoms with Crippen molar-refractivity contribution in [3.8, 4) is 5.75 Å². The largest absolute Gasteiger partial charge is 0.495 e. The van der Waals surface area contributed by atoms with E-state index < -0.39 is 0 Å². The molecule has 1 aromatic carbocycles. The highest BCUT2D eigenvalue weighted by Gasteiger charge is 2.15. The lowest BCUT2D eigenvalue weighted by atomic mass is 10.1. The predicted octanol–water partition coefficient (Wildman–Crippen LogP) is 4.02. The fourth-order valence-corrected chi connectivity index (χ4v) is 2.44. The summed E-state index contributed by atoms with van der Waals surface area (Å²) < 4.78 is 5.08. The Morgan fingerprint density at radius 3 is 2.76 bits per heavy atom. The molecule has 0 aliphatic rings. The van der Waals surface area contributed by atoms with Crippen LogP contribution in [-0.2, 0) is 11.2 Å². The quantitative estimate of drug-likeness (QED) is 0.740. The van der Waals surface area contributed by atoms with Crippen LogP contribution in [0.2, 0.25) is 5.02 Å². The molecule has 4 heteroatoms. The lowest BCUT2D eigenvalue weighted by Gasteiger charge is -2.10. The molecule has 17 heavy (non-hydrogen) atoms. The van der Waals surface area contributed by atoms with E-state index in [0.29, 0.717) is 23.6 Å². The Morgan fingerprint density at radius 1 is 1.53 bits per heavy atom. The second-order valence-corrected chi connectivity index (χ2v) is 5.37. The second kappa shape index (κ2) is 7.02. The van der Waals surface area contributed by atoms with Gasteiger partial charge in [0.1, 0.15) is 11.5 Å². The van der Waals surface area contributed by atoms with Crippen LogP contribution in [0.3, 0.4) is 0 Å². The van der Waals surface area contributed by atoms with E-state index in [-0.39, 0.29) is 10.6 Å². The monoisotopic (exact) mass is 318 g/mol. The van der Waals surface area contributed by atoms with Crippen LogP contribution in [0.25, 0.3) is 0 Å². The summed E-state index contributed by atoms with van der Waals surface area (Å²) >= 11 is 9.45. The Kier molecular flexibility index (Phi) is 6.00. The first-order valence-corrected chi connectivity index (χ1v) is 6.87. The maximum Gasteiger partial charge on any atom is 0.146 e. The van der Waals surface area contributed by atoms with Gasteiger partial charge in [-0.2, -0.15) is 0 Å². The maximum absolute atomic E-state index is 11.7. The summed E-state index contributed by atoms with van der Waals surface area (Å²) in [5, 5.41) is 0.577. The smallest absolute Gasteiger partial charge is 0.146 e. The number of ketones is 1. The Balaban J connectivity index is 2.68. The molecule has 1 aromatic rings. The summed E-state index contributed by atoms with van der Waals surface area (Å²) in [6.07, 6.45) is 2.15. The van der Waals surface area contributed by atoms with Crippen molar-refractivity contribution < 1.29 is 9.53 Å². The van der Waals surface area contributed by atoms with E-state index in [1.807, 2.05) is 25.1 Å². The van der Waals surface area contributed by atoms with E-state index in [2.05, 4.69) is 15.9 Å². The molecular formula is C13H16BrClO2. The van der Waals surface area contributed by atoms with Crippen molar-refractivity contribution in [1.82, 2.24) is 0 Å². The molecule has 0 bridgehead atoms. The van der Waals surface area contributed by atoms with Gasteiger partial charge in [-0.15, -0.1) is 0 Å². The fourth-order valence-electron chi connectivity index (χ4n) is 1.56. The first kappa shape index (κ1) is 14.5. The van der Waals surface area contributed by atoms with Crippen LogP contribution in [-0.4, -0.2) is 17.7 Å². The normalized spacial score (nSPS) is 12.2. The molecule has 0 fully saturated rings. The van der Waals surface area contributed by atoms with Crippen LogP contribution in [0.1, 0.15) is 25.3 Å². The summed E-state index contributed by atoms with van der Waals surface area (Å²) in [6, 6.07) is 5.59. The first-order valence-electron chi connectivity index (χ1n) is 5.57. The van der Waals surface area contributed by atoms with Crippen molar-refractivity contribution in [2.75, 3.05) is 7.11 Å². The van der Waals surface area contributed by atoms with Gasteiger partial charge in [-0.05, 0) is 30.5 Å². The molecule has 0 saturated carbocycles. The van der Waals surface area contributed by atoms with Gasteiger partial charge >= 0.3 is 0 Å².